The van der Waals surface area contributed by atoms with Gasteiger partial charge in [0.15, 0.2) is 6.61 Å². The van der Waals surface area contributed by atoms with E-state index >= 15 is 0 Å². The number of halogens is 2. The number of aliphatic hydroxyl groups excluding tert-OH is 1. The number of benzene rings is 2. The van der Waals surface area contributed by atoms with Crippen molar-refractivity contribution < 1.29 is 28.6 Å². The Morgan fingerprint density at radius 3 is 2.70 bits per heavy atom. The number of carbonyl (C=O) groups excluding carboxylic acids is 2. The second-order valence-electron chi connectivity index (χ2n) is 8.32. The van der Waals surface area contributed by atoms with Crippen molar-refractivity contribution in [2.24, 2.45) is 0 Å². The molecule has 2 amide bonds. The highest BCUT2D eigenvalue weighted by molar-refractivity contribution is 6.30. The first-order valence-electron chi connectivity index (χ1n) is 10.5. The molecule has 0 saturated heterocycles. The molecule has 1 atom stereocenters. The summed E-state index contributed by atoms with van der Waals surface area (Å²) in [6, 6.07) is 11.3. The number of methoxy groups -OCH3 is 1. The Morgan fingerprint density at radius 2 is 2.00 bits per heavy atom. The molecule has 33 heavy (non-hydrogen) atoms. The van der Waals surface area contributed by atoms with Gasteiger partial charge in [0.2, 0.25) is 5.91 Å². The molecule has 3 aliphatic rings. The van der Waals surface area contributed by atoms with Crippen molar-refractivity contribution in [3.8, 4) is 11.5 Å². The van der Waals surface area contributed by atoms with E-state index in [1.807, 2.05) is 24.3 Å². The molecule has 174 valence electrons. The summed E-state index contributed by atoms with van der Waals surface area (Å²) in [5.41, 5.74) is 1.49. The van der Waals surface area contributed by atoms with Crippen molar-refractivity contribution in [2.45, 2.75) is 37.5 Å². The number of hydrogen-bond donors (Lipinski definition) is 3. The van der Waals surface area contributed by atoms with Gasteiger partial charge in [-0.25, -0.2) is 4.39 Å². The van der Waals surface area contributed by atoms with Crippen LogP contribution >= 0.6 is 11.6 Å². The number of carbonyl (C=O) groups is 2. The van der Waals surface area contributed by atoms with Crippen LogP contribution in [0.5, 0.6) is 11.5 Å². The molecule has 1 saturated carbocycles. The molecule has 7 nitrogen and oxygen atoms in total. The Bertz CT molecular complexity index is 1110. The summed E-state index contributed by atoms with van der Waals surface area (Å²) in [6.45, 7) is 0.00981. The average molecular weight is 475 g/mol. The molecule has 1 unspecified atom stereocenters. The van der Waals surface area contributed by atoms with E-state index < -0.39 is 17.5 Å². The number of aliphatic hydroxyl groups is 1. The third-order valence-corrected chi connectivity index (χ3v) is 6.21. The maximum Gasteiger partial charge on any atom is 0.258 e. The molecule has 3 aliphatic carbocycles. The first-order valence-corrected chi connectivity index (χ1v) is 10.9. The largest absolute Gasteiger partial charge is 0.497 e. The Labute approximate surface area is 195 Å². The number of hydrogen-bond acceptors (Lipinski definition) is 5. The van der Waals surface area contributed by atoms with Gasteiger partial charge in [0, 0.05) is 24.6 Å². The lowest BCUT2D eigenvalue weighted by molar-refractivity contribution is -0.126. The molecule has 5 rings (SSSR count). The highest BCUT2D eigenvalue weighted by Crippen LogP contribution is 2.48. The third kappa shape index (κ3) is 5.12. The molecular formula is C24H24ClFN2O5. The smallest absolute Gasteiger partial charge is 0.258 e. The Balaban J connectivity index is 1.31. The second kappa shape index (κ2) is 9.41. The van der Waals surface area contributed by atoms with Gasteiger partial charge in [0.05, 0.1) is 23.8 Å². The van der Waals surface area contributed by atoms with Crippen LogP contribution < -0.4 is 20.1 Å². The van der Waals surface area contributed by atoms with Crippen molar-refractivity contribution in [2.75, 3.05) is 13.7 Å². The van der Waals surface area contributed by atoms with Gasteiger partial charge in [-0.15, -0.1) is 0 Å². The van der Waals surface area contributed by atoms with Crippen LogP contribution in [0.3, 0.4) is 0 Å². The van der Waals surface area contributed by atoms with E-state index in [1.165, 1.54) is 12.1 Å². The van der Waals surface area contributed by atoms with Crippen molar-refractivity contribution in [3.63, 3.8) is 0 Å². The maximum atomic E-state index is 13.5. The zero-order valence-corrected chi connectivity index (χ0v) is 18.7. The summed E-state index contributed by atoms with van der Waals surface area (Å²) in [4.78, 5) is 25.1. The van der Waals surface area contributed by atoms with Gasteiger partial charge >= 0.3 is 0 Å². The number of ether oxygens (including phenoxy) is 2. The summed E-state index contributed by atoms with van der Waals surface area (Å²) in [6.07, 6.45) is 0.250. The van der Waals surface area contributed by atoms with Crippen molar-refractivity contribution in [3.05, 3.63) is 70.0 Å². The topological polar surface area (TPSA) is 96.9 Å². The normalized spacial score (nSPS) is 21.2. The molecule has 0 aliphatic heterocycles. The quantitative estimate of drug-likeness (QED) is 0.546. The fraction of sp³-hybridized carbons (Fsp3) is 0.333. The lowest BCUT2D eigenvalue weighted by Gasteiger charge is -2.51. The van der Waals surface area contributed by atoms with Crippen LogP contribution in [-0.2, 0) is 16.1 Å². The maximum absolute atomic E-state index is 13.5. The summed E-state index contributed by atoms with van der Waals surface area (Å²) >= 11 is 5.64. The molecule has 9 heteroatoms. The van der Waals surface area contributed by atoms with Crippen molar-refractivity contribution in [1.29, 1.82) is 0 Å². The van der Waals surface area contributed by atoms with Gasteiger partial charge in [0.1, 0.15) is 17.3 Å². The number of nitrogens with one attached hydrogen (secondary N) is 2. The van der Waals surface area contributed by atoms with Gasteiger partial charge < -0.3 is 25.2 Å². The lowest BCUT2D eigenvalue weighted by atomic mass is 9.61. The highest BCUT2D eigenvalue weighted by Gasteiger charge is 2.51. The molecule has 2 bridgehead atoms. The zero-order valence-electron chi connectivity index (χ0n) is 18.0. The summed E-state index contributed by atoms with van der Waals surface area (Å²) in [5.74, 6) is -0.436. The number of rotatable bonds is 8. The zero-order chi connectivity index (χ0) is 23.6. The van der Waals surface area contributed by atoms with Crippen LogP contribution in [0.2, 0.25) is 5.02 Å². The third-order valence-electron chi connectivity index (χ3n) is 5.90. The number of amides is 2. The minimum Gasteiger partial charge on any atom is -0.497 e. The summed E-state index contributed by atoms with van der Waals surface area (Å²) < 4.78 is 24.0. The molecule has 0 heterocycles. The van der Waals surface area contributed by atoms with Gasteiger partial charge in [-0.3, -0.25) is 9.59 Å². The van der Waals surface area contributed by atoms with E-state index in [-0.39, 0.29) is 35.6 Å². The fourth-order valence-corrected chi connectivity index (χ4v) is 4.48. The van der Waals surface area contributed by atoms with Crippen LogP contribution in [0.25, 0.3) is 0 Å². The number of fused-ring (bicyclic) bond motifs is 2. The van der Waals surface area contributed by atoms with Crippen LogP contribution in [0.1, 0.15) is 24.8 Å². The van der Waals surface area contributed by atoms with E-state index in [9.17, 15) is 19.1 Å². The minimum atomic E-state index is -0.973. The standard InChI is InChI=1S/C24H24ClFN2O5/c1-32-16-4-2-3-14(7-16)12-27-23(31)22-15-9-24(10-15,11-20(22)29)28-21(30)13-33-17-5-6-18(25)19(26)8-17/h2-8,20,29H,9-13H2,1H3,(H,27,31)(H,28,30). The first kappa shape index (κ1) is 23.1. The molecule has 0 radical (unpaired) electrons. The lowest BCUT2D eigenvalue weighted by Crippen LogP contribution is -2.61. The van der Waals surface area contributed by atoms with Gasteiger partial charge in [-0.2, -0.15) is 0 Å². The molecule has 1 fully saturated rings. The molecule has 3 N–H and O–H groups in total. The van der Waals surface area contributed by atoms with Crippen LogP contribution in [0.4, 0.5) is 4.39 Å². The predicted octanol–water partition coefficient (Wildman–Crippen LogP) is 2.89. The molecule has 0 spiro atoms. The SMILES string of the molecule is COc1cccc(CNC(=O)C2=C3CC(NC(=O)COc4ccc(Cl)c(F)c4)(C3)CC2O)c1. The van der Waals surface area contributed by atoms with E-state index in [4.69, 9.17) is 21.1 Å². The molecular weight excluding hydrogens is 451 g/mol. The van der Waals surface area contributed by atoms with Gasteiger partial charge in [0.25, 0.3) is 5.91 Å². The van der Waals surface area contributed by atoms with Gasteiger partial charge in [-0.05, 0) is 42.7 Å². The van der Waals surface area contributed by atoms with Crippen LogP contribution in [-0.4, -0.2) is 42.3 Å². The Kier molecular flexibility index (Phi) is 6.58. The predicted molar refractivity (Wildman–Crippen MR) is 120 cm³/mol. The van der Waals surface area contributed by atoms with E-state index in [1.54, 1.807) is 7.11 Å². The van der Waals surface area contributed by atoms with Crippen LogP contribution in [0, 0.1) is 5.82 Å². The molecule has 2 aromatic rings. The average Bonchev–Trinajstić information content (AvgIpc) is 2.77. The van der Waals surface area contributed by atoms with Crippen molar-refractivity contribution in [1.82, 2.24) is 10.6 Å². The minimum absolute atomic E-state index is 0.0287. The van der Waals surface area contributed by atoms with E-state index in [0.29, 0.717) is 30.7 Å². The van der Waals surface area contributed by atoms with Gasteiger partial charge in [-0.1, -0.05) is 29.3 Å². The molecule has 0 aromatic heterocycles. The highest BCUT2D eigenvalue weighted by atomic mass is 35.5. The van der Waals surface area contributed by atoms with Crippen molar-refractivity contribution >= 4 is 23.4 Å². The summed E-state index contributed by atoms with van der Waals surface area (Å²) in [5, 5.41) is 16.3. The monoisotopic (exact) mass is 474 g/mol. The van der Waals surface area contributed by atoms with E-state index in [0.717, 1.165) is 17.2 Å². The molecule has 2 aromatic carbocycles. The summed E-state index contributed by atoms with van der Waals surface area (Å²) in [7, 11) is 1.58. The fourth-order valence-electron chi connectivity index (χ4n) is 4.37. The first-order chi connectivity index (χ1) is 15.8. The van der Waals surface area contributed by atoms with E-state index in [2.05, 4.69) is 10.6 Å². The Hall–Kier alpha value is -3.10. The second-order valence-corrected chi connectivity index (χ2v) is 8.73. The van der Waals surface area contributed by atoms with Crippen LogP contribution in [0.15, 0.2) is 53.6 Å². The Morgan fingerprint density at radius 1 is 1.21 bits per heavy atom.